The minimum absolute atomic E-state index is 0.00404. The number of hydrogen-bond acceptors (Lipinski definition) is 6. The van der Waals surface area contributed by atoms with Gasteiger partial charge in [-0.2, -0.15) is 10.1 Å². The second-order valence-electron chi connectivity index (χ2n) is 7.69. The summed E-state index contributed by atoms with van der Waals surface area (Å²) in [4.78, 5) is 35.0. The minimum atomic E-state index is -0.109. The average Bonchev–Trinajstić information content (AvgIpc) is 3.44. The van der Waals surface area contributed by atoms with Gasteiger partial charge >= 0.3 is 0 Å². The molecule has 9 heteroatoms. The van der Waals surface area contributed by atoms with Gasteiger partial charge in [0.1, 0.15) is 12.1 Å². The number of fused-ring (bicyclic) bond motifs is 1. The van der Waals surface area contributed by atoms with Gasteiger partial charge in [0, 0.05) is 42.7 Å². The maximum atomic E-state index is 12.5. The zero-order valence-corrected chi connectivity index (χ0v) is 17.8. The summed E-state index contributed by atoms with van der Waals surface area (Å²) < 4.78 is 7.32. The molecular formula is C22H26N6O3. The van der Waals surface area contributed by atoms with Gasteiger partial charge in [-0.25, -0.2) is 9.50 Å². The summed E-state index contributed by atoms with van der Waals surface area (Å²) in [5.41, 5.74) is 3.41. The Hall–Kier alpha value is -3.49. The van der Waals surface area contributed by atoms with Crippen LogP contribution in [-0.2, 0) is 16.0 Å². The standard InChI is InChI=1S/C22H26N6O3/c1-15-19(16(2)28-22(25-15)23-14-24-28)8-9-20(29)26-17-6-5-7-18(12-17)31-13-21(30)27-10-3-4-11-27/h5-7,12,14H,3-4,8-11,13H2,1-2H3,(H,26,29). The number of anilines is 1. The van der Waals surface area contributed by atoms with E-state index >= 15 is 0 Å². The van der Waals surface area contributed by atoms with Crippen molar-refractivity contribution in [1.82, 2.24) is 24.5 Å². The second kappa shape index (κ2) is 9.11. The van der Waals surface area contributed by atoms with E-state index in [1.165, 1.54) is 6.33 Å². The lowest BCUT2D eigenvalue weighted by molar-refractivity contribution is -0.132. The first-order valence-electron chi connectivity index (χ1n) is 10.5. The van der Waals surface area contributed by atoms with Crippen molar-refractivity contribution in [3.63, 3.8) is 0 Å². The monoisotopic (exact) mass is 422 g/mol. The number of nitrogens with zero attached hydrogens (tertiary/aromatic N) is 5. The van der Waals surface area contributed by atoms with Gasteiger partial charge in [0.2, 0.25) is 5.91 Å². The lowest BCUT2D eigenvalue weighted by Crippen LogP contribution is -2.32. The predicted octanol–water partition coefficient (Wildman–Crippen LogP) is 2.31. The number of benzene rings is 1. The van der Waals surface area contributed by atoms with E-state index in [1.807, 2.05) is 18.7 Å². The van der Waals surface area contributed by atoms with Gasteiger partial charge in [-0.3, -0.25) is 9.59 Å². The molecule has 0 unspecified atom stereocenters. The Morgan fingerprint density at radius 1 is 1.19 bits per heavy atom. The fourth-order valence-electron chi connectivity index (χ4n) is 3.85. The molecule has 9 nitrogen and oxygen atoms in total. The average molecular weight is 422 g/mol. The van der Waals surface area contributed by atoms with Crippen LogP contribution < -0.4 is 10.1 Å². The van der Waals surface area contributed by atoms with E-state index in [1.54, 1.807) is 28.8 Å². The highest BCUT2D eigenvalue weighted by atomic mass is 16.5. The molecule has 31 heavy (non-hydrogen) atoms. The molecule has 4 rings (SSSR count). The van der Waals surface area contributed by atoms with Gasteiger partial charge in [0.05, 0.1) is 0 Å². The van der Waals surface area contributed by atoms with Crippen LogP contribution in [0.5, 0.6) is 5.75 Å². The van der Waals surface area contributed by atoms with Crippen molar-refractivity contribution < 1.29 is 14.3 Å². The largest absolute Gasteiger partial charge is 0.484 e. The number of aromatic nitrogens is 4. The molecule has 1 N–H and O–H groups in total. The van der Waals surface area contributed by atoms with Gasteiger partial charge in [-0.1, -0.05) is 6.07 Å². The smallest absolute Gasteiger partial charge is 0.260 e. The Labute approximate surface area is 180 Å². The van der Waals surface area contributed by atoms with E-state index in [0.29, 0.717) is 30.1 Å². The van der Waals surface area contributed by atoms with E-state index in [4.69, 9.17) is 4.74 Å². The molecule has 0 spiro atoms. The number of amides is 2. The minimum Gasteiger partial charge on any atom is -0.484 e. The Kier molecular flexibility index (Phi) is 6.11. The first-order chi connectivity index (χ1) is 15.0. The summed E-state index contributed by atoms with van der Waals surface area (Å²) in [6, 6.07) is 7.10. The van der Waals surface area contributed by atoms with Crippen molar-refractivity contribution in [1.29, 1.82) is 0 Å². The molecule has 0 saturated carbocycles. The molecule has 1 aliphatic rings. The molecule has 1 saturated heterocycles. The fraction of sp³-hybridized carbons (Fsp3) is 0.409. The van der Waals surface area contributed by atoms with Crippen molar-refractivity contribution in [2.45, 2.75) is 39.5 Å². The highest BCUT2D eigenvalue weighted by molar-refractivity contribution is 5.91. The van der Waals surface area contributed by atoms with Crippen molar-refractivity contribution in [3.8, 4) is 5.75 Å². The van der Waals surface area contributed by atoms with Crippen LogP contribution in [-0.4, -0.2) is 56.0 Å². The molecular weight excluding hydrogens is 396 g/mol. The van der Waals surface area contributed by atoms with Crippen LogP contribution in [0, 0.1) is 13.8 Å². The first-order valence-corrected chi connectivity index (χ1v) is 10.5. The quantitative estimate of drug-likeness (QED) is 0.627. The molecule has 0 radical (unpaired) electrons. The number of likely N-dealkylation sites (tertiary alicyclic amines) is 1. The molecule has 1 aliphatic heterocycles. The topological polar surface area (TPSA) is 102 Å². The van der Waals surface area contributed by atoms with Crippen LogP contribution >= 0.6 is 0 Å². The lowest BCUT2D eigenvalue weighted by atomic mass is 10.1. The van der Waals surface area contributed by atoms with Crippen LogP contribution in [0.25, 0.3) is 5.78 Å². The summed E-state index contributed by atoms with van der Waals surface area (Å²) >= 11 is 0. The Balaban J connectivity index is 1.32. The summed E-state index contributed by atoms with van der Waals surface area (Å²) in [5.74, 6) is 1.000. The Morgan fingerprint density at radius 2 is 2.00 bits per heavy atom. The SMILES string of the molecule is Cc1nc2ncnn2c(C)c1CCC(=O)Nc1cccc(OCC(=O)N2CCCC2)c1. The van der Waals surface area contributed by atoms with Crippen molar-refractivity contribution in [2.75, 3.05) is 25.0 Å². The van der Waals surface area contributed by atoms with E-state index in [0.717, 1.165) is 42.9 Å². The summed E-state index contributed by atoms with van der Waals surface area (Å²) in [6.07, 6.45) is 4.43. The fourth-order valence-corrected chi connectivity index (χ4v) is 3.85. The molecule has 0 aliphatic carbocycles. The lowest BCUT2D eigenvalue weighted by Gasteiger charge is -2.16. The van der Waals surface area contributed by atoms with Crippen molar-refractivity contribution in [2.24, 2.45) is 0 Å². The first kappa shape index (κ1) is 20.8. The van der Waals surface area contributed by atoms with Gasteiger partial charge in [-0.05, 0) is 50.8 Å². The number of rotatable bonds is 7. The second-order valence-corrected chi connectivity index (χ2v) is 7.69. The van der Waals surface area contributed by atoms with E-state index in [2.05, 4.69) is 20.4 Å². The van der Waals surface area contributed by atoms with Crippen molar-refractivity contribution in [3.05, 3.63) is 47.5 Å². The highest BCUT2D eigenvalue weighted by Crippen LogP contribution is 2.19. The third-order valence-corrected chi connectivity index (χ3v) is 5.53. The van der Waals surface area contributed by atoms with Gasteiger partial charge in [0.25, 0.3) is 11.7 Å². The number of ether oxygens (including phenoxy) is 1. The third kappa shape index (κ3) is 4.82. The Morgan fingerprint density at radius 3 is 2.81 bits per heavy atom. The maximum Gasteiger partial charge on any atom is 0.260 e. The molecule has 3 heterocycles. The van der Waals surface area contributed by atoms with Crippen LogP contribution in [0.1, 0.15) is 36.2 Å². The number of aryl methyl sites for hydroxylation is 2. The zero-order valence-electron chi connectivity index (χ0n) is 17.8. The van der Waals surface area contributed by atoms with Crippen molar-refractivity contribution >= 4 is 23.3 Å². The van der Waals surface area contributed by atoms with Crippen LogP contribution in [0.15, 0.2) is 30.6 Å². The molecule has 2 aromatic heterocycles. The van der Waals surface area contributed by atoms with Crippen LogP contribution in [0.3, 0.4) is 0 Å². The molecule has 2 amide bonds. The Bertz CT molecular complexity index is 1100. The normalized spacial score (nSPS) is 13.5. The molecule has 1 aromatic carbocycles. The highest BCUT2D eigenvalue weighted by Gasteiger charge is 2.18. The maximum absolute atomic E-state index is 12.5. The van der Waals surface area contributed by atoms with Crippen LogP contribution in [0.2, 0.25) is 0 Å². The van der Waals surface area contributed by atoms with Gasteiger partial charge in [0.15, 0.2) is 6.61 Å². The third-order valence-electron chi connectivity index (χ3n) is 5.53. The molecule has 0 bridgehead atoms. The van der Waals surface area contributed by atoms with Gasteiger partial charge in [-0.15, -0.1) is 0 Å². The van der Waals surface area contributed by atoms with E-state index < -0.39 is 0 Å². The summed E-state index contributed by atoms with van der Waals surface area (Å²) in [6.45, 7) is 5.48. The number of carbonyl (C=O) groups excluding carboxylic acids is 2. The number of hydrogen-bond donors (Lipinski definition) is 1. The number of nitrogens with one attached hydrogen (secondary N) is 1. The predicted molar refractivity (Wildman–Crippen MR) is 115 cm³/mol. The molecule has 162 valence electrons. The molecule has 3 aromatic rings. The zero-order chi connectivity index (χ0) is 21.8. The van der Waals surface area contributed by atoms with Gasteiger partial charge < -0.3 is 15.0 Å². The van der Waals surface area contributed by atoms with Crippen LogP contribution in [0.4, 0.5) is 5.69 Å². The molecule has 0 atom stereocenters. The van der Waals surface area contributed by atoms with E-state index in [-0.39, 0.29) is 18.4 Å². The summed E-state index contributed by atoms with van der Waals surface area (Å²) in [7, 11) is 0. The molecule has 1 fully saturated rings. The summed E-state index contributed by atoms with van der Waals surface area (Å²) in [5, 5.41) is 7.08. The number of carbonyl (C=O) groups is 2. The van der Waals surface area contributed by atoms with E-state index in [9.17, 15) is 9.59 Å².